The second-order valence-corrected chi connectivity index (χ2v) is 2.19. The van der Waals surface area contributed by atoms with Crippen molar-refractivity contribution < 1.29 is 9.53 Å². The Kier molecular flexibility index (Phi) is 2.80. The van der Waals surface area contributed by atoms with Crippen molar-refractivity contribution in [3.05, 3.63) is 18.2 Å². The Balaban J connectivity index is 2.47. The predicted molar refractivity (Wildman–Crippen MR) is 39.2 cm³/mol. The van der Waals surface area contributed by atoms with Crippen LogP contribution in [0.2, 0.25) is 0 Å². The fraction of sp³-hybridized carbons (Fsp3) is 0.429. The molecule has 4 heteroatoms. The Hall–Kier alpha value is -1.16. The van der Waals surface area contributed by atoms with E-state index in [-0.39, 0.29) is 6.10 Å². The van der Waals surface area contributed by atoms with E-state index in [2.05, 4.69) is 9.97 Å². The van der Waals surface area contributed by atoms with Gasteiger partial charge in [-0.3, -0.25) is 0 Å². The average Bonchev–Trinajstić information content (AvgIpc) is 2.52. The van der Waals surface area contributed by atoms with E-state index in [1.165, 1.54) is 7.11 Å². The van der Waals surface area contributed by atoms with Gasteiger partial charge in [0.05, 0.1) is 6.33 Å². The minimum Gasteiger partial charge on any atom is -0.374 e. The number of imidazole rings is 1. The highest BCUT2D eigenvalue weighted by Gasteiger charge is 2.06. The SMILES string of the molecule is CO[C@@H](C=O)Cc1cnc[nH]1. The second kappa shape index (κ2) is 3.88. The van der Waals surface area contributed by atoms with Crippen molar-refractivity contribution in [3.63, 3.8) is 0 Å². The van der Waals surface area contributed by atoms with E-state index < -0.39 is 0 Å². The zero-order valence-corrected chi connectivity index (χ0v) is 6.28. The Morgan fingerprint density at radius 2 is 2.73 bits per heavy atom. The first-order valence-corrected chi connectivity index (χ1v) is 3.32. The summed E-state index contributed by atoms with van der Waals surface area (Å²) in [6.45, 7) is 0. The van der Waals surface area contributed by atoms with Crippen LogP contribution in [0.15, 0.2) is 12.5 Å². The van der Waals surface area contributed by atoms with Crippen LogP contribution in [0.5, 0.6) is 0 Å². The molecule has 0 radical (unpaired) electrons. The lowest BCUT2D eigenvalue weighted by molar-refractivity contribution is -0.116. The van der Waals surface area contributed by atoms with Crippen LogP contribution >= 0.6 is 0 Å². The van der Waals surface area contributed by atoms with Crippen molar-refractivity contribution in [3.8, 4) is 0 Å². The molecule has 60 valence electrons. The molecule has 1 aromatic heterocycles. The summed E-state index contributed by atoms with van der Waals surface area (Å²) in [5.41, 5.74) is 0.906. The van der Waals surface area contributed by atoms with Crippen LogP contribution in [0.4, 0.5) is 0 Å². The minimum atomic E-state index is -0.365. The number of H-pyrrole nitrogens is 1. The summed E-state index contributed by atoms with van der Waals surface area (Å²) in [4.78, 5) is 17.0. The number of hydrogen-bond acceptors (Lipinski definition) is 3. The number of aldehydes is 1. The van der Waals surface area contributed by atoms with Crippen LogP contribution in [-0.2, 0) is 16.0 Å². The van der Waals surface area contributed by atoms with Gasteiger partial charge in [0.1, 0.15) is 12.4 Å². The third kappa shape index (κ3) is 2.16. The van der Waals surface area contributed by atoms with Crippen molar-refractivity contribution in [1.29, 1.82) is 0 Å². The molecule has 1 aromatic rings. The van der Waals surface area contributed by atoms with E-state index in [1.807, 2.05) is 0 Å². The summed E-state index contributed by atoms with van der Waals surface area (Å²) in [6, 6.07) is 0. The topological polar surface area (TPSA) is 55.0 Å². The van der Waals surface area contributed by atoms with E-state index in [0.717, 1.165) is 12.0 Å². The number of hydrogen-bond donors (Lipinski definition) is 1. The molecular weight excluding hydrogens is 144 g/mol. The molecule has 0 aliphatic rings. The minimum absolute atomic E-state index is 0.365. The molecule has 0 aliphatic heterocycles. The summed E-state index contributed by atoms with van der Waals surface area (Å²) in [5.74, 6) is 0. The van der Waals surface area contributed by atoms with E-state index >= 15 is 0 Å². The van der Waals surface area contributed by atoms with Gasteiger partial charge in [0.15, 0.2) is 0 Å². The fourth-order valence-electron chi connectivity index (χ4n) is 0.800. The maximum Gasteiger partial charge on any atom is 0.149 e. The summed E-state index contributed by atoms with van der Waals surface area (Å²) >= 11 is 0. The normalized spacial score (nSPS) is 12.8. The lowest BCUT2D eigenvalue weighted by Gasteiger charge is -2.04. The van der Waals surface area contributed by atoms with Crippen LogP contribution in [0.25, 0.3) is 0 Å². The monoisotopic (exact) mass is 154 g/mol. The standard InChI is InChI=1S/C7H10N2O2/c1-11-7(4-10)2-6-3-8-5-9-6/h3-5,7H,2H2,1H3,(H,8,9)/t7-/m1/s1. The number of ether oxygens (including phenoxy) is 1. The van der Waals surface area contributed by atoms with Crippen LogP contribution in [0, 0.1) is 0 Å². The third-order valence-electron chi connectivity index (χ3n) is 1.43. The number of aromatic amines is 1. The largest absolute Gasteiger partial charge is 0.374 e. The van der Waals surface area contributed by atoms with E-state index in [1.54, 1.807) is 12.5 Å². The molecule has 0 bridgehead atoms. The molecule has 0 aliphatic carbocycles. The van der Waals surface area contributed by atoms with Gasteiger partial charge in [-0.1, -0.05) is 0 Å². The van der Waals surface area contributed by atoms with Crippen LogP contribution < -0.4 is 0 Å². The van der Waals surface area contributed by atoms with Crippen LogP contribution in [-0.4, -0.2) is 29.5 Å². The lowest BCUT2D eigenvalue weighted by atomic mass is 10.2. The number of nitrogens with zero attached hydrogens (tertiary/aromatic N) is 1. The zero-order valence-electron chi connectivity index (χ0n) is 6.28. The molecular formula is C7H10N2O2. The van der Waals surface area contributed by atoms with Crippen LogP contribution in [0.3, 0.4) is 0 Å². The summed E-state index contributed by atoms with van der Waals surface area (Å²) < 4.78 is 4.86. The van der Waals surface area contributed by atoms with Crippen LogP contribution in [0.1, 0.15) is 5.69 Å². The van der Waals surface area contributed by atoms with Gasteiger partial charge in [0, 0.05) is 25.4 Å². The number of nitrogens with one attached hydrogen (secondary N) is 1. The molecule has 1 heterocycles. The molecule has 0 saturated carbocycles. The van der Waals surface area contributed by atoms with Gasteiger partial charge in [-0.05, 0) is 0 Å². The first-order valence-electron chi connectivity index (χ1n) is 3.32. The van der Waals surface area contributed by atoms with Crippen molar-refractivity contribution >= 4 is 6.29 Å². The Morgan fingerprint density at radius 1 is 1.91 bits per heavy atom. The van der Waals surface area contributed by atoms with Gasteiger partial charge in [0.2, 0.25) is 0 Å². The first-order chi connectivity index (χ1) is 5.36. The van der Waals surface area contributed by atoms with Gasteiger partial charge < -0.3 is 14.5 Å². The van der Waals surface area contributed by atoms with Gasteiger partial charge in [-0.25, -0.2) is 4.98 Å². The molecule has 0 fully saturated rings. The van der Waals surface area contributed by atoms with E-state index in [9.17, 15) is 4.79 Å². The number of aromatic nitrogens is 2. The zero-order chi connectivity index (χ0) is 8.10. The molecule has 1 N–H and O–H groups in total. The predicted octanol–water partition coefficient (Wildman–Crippen LogP) is 0.166. The number of methoxy groups -OCH3 is 1. The quantitative estimate of drug-likeness (QED) is 0.629. The average molecular weight is 154 g/mol. The van der Waals surface area contributed by atoms with Gasteiger partial charge >= 0.3 is 0 Å². The maximum atomic E-state index is 10.3. The summed E-state index contributed by atoms with van der Waals surface area (Å²) in [6.07, 6.45) is 4.22. The highest BCUT2D eigenvalue weighted by molar-refractivity contribution is 5.56. The molecule has 0 saturated heterocycles. The summed E-state index contributed by atoms with van der Waals surface area (Å²) in [5, 5.41) is 0. The molecule has 11 heavy (non-hydrogen) atoms. The van der Waals surface area contributed by atoms with Crippen molar-refractivity contribution in [2.45, 2.75) is 12.5 Å². The van der Waals surface area contributed by atoms with Crippen molar-refractivity contribution in [1.82, 2.24) is 9.97 Å². The maximum absolute atomic E-state index is 10.3. The molecule has 0 unspecified atom stereocenters. The highest BCUT2D eigenvalue weighted by Crippen LogP contribution is 1.98. The molecule has 0 amide bonds. The van der Waals surface area contributed by atoms with Gasteiger partial charge in [-0.2, -0.15) is 0 Å². The van der Waals surface area contributed by atoms with E-state index in [0.29, 0.717) is 6.42 Å². The summed E-state index contributed by atoms with van der Waals surface area (Å²) in [7, 11) is 1.51. The van der Waals surface area contributed by atoms with Crippen molar-refractivity contribution in [2.24, 2.45) is 0 Å². The molecule has 1 rings (SSSR count). The van der Waals surface area contributed by atoms with Gasteiger partial charge in [0.25, 0.3) is 0 Å². The Bertz CT molecular complexity index is 208. The number of rotatable bonds is 4. The van der Waals surface area contributed by atoms with Gasteiger partial charge in [-0.15, -0.1) is 0 Å². The molecule has 0 aromatic carbocycles. The Labute approximate surface area is 64.6 Å². The first kappa shape index (κ1) is 7.94. The fourth-order valence-corrected chi connectivity index (χ4v) is 0.800. The Morgan fingerprint density at radius 3 is 3.18 bits per heavy atom. The molecule has 4 nitrogen and oxygen atoms in total. The smallest absolute Gasteiger partial charge is 0.149 e. The molecule has 1 atom stereocenters. The molecule has 0 spiro atoms. The lowest BCUT2D eigenvalue weighted by Crippen LogP contribution is -2.15. The number of carbonyl (C=O) groups excluding carboxylic acids is 1. The van der Waals surface area contributed by atoms with E-state index in [4.69, 9.17) is 4.74 Å². The third-order valence-corrected chi connectivity index (χ3v) is 1.43. The highest BCUT2D eigenvalue weighted by atomic mass is 16.5. The van der Waals surface area contributed by atoms with Crippen molar-refractivity contribution in [2.75, 3.05) is 7.11 Å². The number of carbonyl (C=O) groups is 1. The second-order valence-electron chi connectivity index (χ2n) is 2.19.